The van der Waals surface area contributed by atoms with Crippen LogP contribution in [0, 0.1) is 12.8 Å². The van der Waals surface area contributed by atoms with Crippen LogP contribution < -0.4 is 5.32 Å². The van der Waals surface area contributed by atoms with Crippen LogP contribution in [0.1, 0.15) is 49.3 Å². The topological polar surface area (TPSA) is 12.0 Å². The second kappa shape index (κ2) is 6.01. The van der Waals surface area contributed by atoms with Gasteiger partial charge in [-0.25, -0.2) is 0 Å². The lowest BCUT2D eigenvalue weighted by molar-refractivity contribution is 0.281. The summed E-state index contributed by atoms with van der Waals surface area (Å²) < 4.78 is 1.28. The largest absolute Gasteiger partial charge is 0.313 e. The van der Waals surface area contributed by atoms with Crippen molar-refractivity contribution < 1.29 is 0 Å². The molecule has 1 fully saturated rings. The molecule has 1 unspecified atom stereocenters. The van der Waals surface area contributed by atoms with E-state index >= 15 is 0 Å². The predicted octanol–water partition coefficient (Wildman–Crippen LogP) is 4.60. The number of aryl methyl sites for hydroxylation is 1. The number of benzene rings is 1. The van der Waals surface area contributed by atoms with Gasteiger partial charge in [0.15, 0.2) is 0 Å². The molecule has 2 rings (SSSR count). The van der Waals surface area contributed by atoms with E-state index in [9.17, 15) is 0 Å². The molecule has 2 heteroatoms. The van der Waals surface area contributed by atoms with Crippen LogP contribution in [-0.2, 0) is 0 Å². The molecule has 0 aromatic heterocycles. The first-order valence-electron chi connectivity index (χ1n) is 6.66. The van der Waals surface area contributed by atoms with E-state index in [1.807, 2.05) is 0 Å². The summed E-state index contributed by atoms with van der Waals surface area (Å²) >= 11 is 3.75. The van der Waals surface area contributed by atoms with Gasteiger partial charge >= 0.3 is 0 Å². The van der Waals surface area contributed by atoms with E-state index in [4.69, 9.17) is 0 Å². The van der Waals surface area contributed by atoms with Gasteiger partial charge in [-0.3, -0.25) is 0 Å². The Labute approximate surface area is 113 Å². The van der Waals surface area contributed by atoms with E-state index in [2.05, 4.69) is 53.4 Å². The van der Waals surface area contributed by atoms with Gasteiger partial charge < -0.3 is 5.32 Å². The molecule has 1 aliphatic rings. The molecular weight excluding hydrogens is 274 g/mol. The molecule has 0 spiro atoms. The van der Waals surface area contributed by atoms with Crippen molar-refractivity contribution in [1.82, 2.24) is 5.32 Å². The Hall–Kier alpha value is -0.340. The molecule has 0 aliphatic heterocycles. The smallest absolute Gasteiger partial charge is 0.0357 e. The number of hydrogen-bond donors (Lipinski definition) is 1. The monoisotopic (exact) mass is 295 g/mol. The van der Waals surface area contributed by atoms with Crippen molar-refractivity contribution in [3.8, 4) is 0 Å². The molecule has 0 amide bonds. The van der Waals surface area contributed by atoms with Crippen molar-refractivity contribution in [3.05, 3.63) is 33.8 Å². The van der Waals surface area contributed by atoms with E-state index in [0.717, 1.165) is 5.92 Å². The second-order valence-corrected chi connectivity index (χ2v) is 5.94. The van der Waals surface area contributed by atoms with Gasteiger partial charge in [0.25, 0.3) is 0 Å². The van der Waals surface area contributed by atoms with E-state index in [-0.39, 0.29) is 0 Å². The maximum absolute atomic E-state index is 3.75. The van der Waals surface area contributed by atoms with Crippen LogP contribution in [0.15, 0.2) is 22.7 Å². The predicted molar refractivity (Wildman–Crippen MR) is 77.3 cm³/mol. The van der Waals surface area contributed by atoms with E-state index in [0.29, 0.717) is 6.04 Å². The minimum absolute atomic E-state index is 0.504. The molecule has 1 atom stereocenters. The Bertz CT molecular complexity index is 369. The molecule has 1 saturated carbocycles. The Balaban J connectivity index is 2.24. The summed E-state index contributed by atoms with van der Waals surface area (Å²) in [5, 5.41) is 3.53. The Morgan fingerprint density at radius 1 is 1.24 bits per heavy atom. The highest BCUT2D eigenvalue weighted by atomic mass is 79.9. The fourth-order valence-corrected chi connectivity index (χ4v) is 3.53. The van der Waals surface area contributed by atoms with Gasteiger partial charge in [-0.2, -0.15) is 0 Å². The maximum atomic E-state index is 3.75. The molecular formula is C15H22BrN. The molecule has 0 radical (unpaired) electrons. The summed E-state index contributed by atoms with van der Waals surface area (Å²) in [6.07, 6.45) is 6.94. The van der Waals surface area contributed by atoms with Crippen molar-refractivity contribution in [2.45, 2.75) is 45.1 Å². The summed E-state index contributed by atoms with van der Waals surface area (Å²) in [6, 6.07) is 7.10. The Morgan fingerprint density at radius 2 is 1.94 bits per heavy atom. The maximum Gasteiger partial charge on any atom is 0.0357 e. The molecule has 1 aromatic carbocycles. The van der Waals surface area contributed by atoms with Gasteiger partial charge in [0.05, 0.1) is 0 Å². The normalized spacial score (nSPS) is 19.2. The van der Waals surface area contributed by atoms with Crippen molar-refractivity contribution in [1.29, 1.82) is 0 Å². The van der Waals surface area contributed by atoms with Gasteiger partial charge in [-0.15, -0.1) is 0 Å². The molecule has 0 heterocycles. The molecule has 0 bridgehead atoms. The first-order valence-corrected chi connectivity index (χ1v) is 7.45. The Morgan fingerprint density at radius 3 is 2.59 bits per heavy atom. The van der Waals surface area contributed by atoms with E-state index in [1.165, 1.54) is 47.7 Å². The van der Waals surface area contributed by atoms with Crippen LogP contribution in [0.3, 0.4) is 0 Å². The zero-order chi connectivity index (χ0) is 12.3. The first kappa shape index (κ1) is 13.1. The molecule has 1 aromatic rings. The zero-order valence-corrected chi connectivity index (χ0v) is 12.4. The molecule has 1 nitrogen and oxygen atoms in total. The highest BCUT2D eigenvalue weighted by molar-refractivity contribution is 9.10. The lowest BCUT2D eigenvalue weighted by atomic mass is 9.81. The van der Waals surface area contributed by atoms with E-state index < -0.39 is 0 Å². The third-order valence-corrected chi connectivity index (χ3v) is 5.07. The van der Waals surface area contributed by atoms with Gasteiger partial charge in [0, 0.05) is 10.5 Å². The van der Waals surface area contributed by atoms with Crippen LogP contribution in [0.2, 0.25) is 0 Å². The van der Waals surface area contributed by atoms with Crippen molar-refractivity contribution in [2.75, 3.05) is 7.05 Å². The standard InChI is InChI=1S/C15H22BrN/c1-11-7-6-10-13(14(11)16)15(17-2)12-8-4-3-5-9-12/h6-7,10,12,15,17H,3-5,8-9H2,1-2H3. The highest BCUT2D eigenvalue weighted by Gasteiger charge is 2.25. The summed E-state index contributed by atoms with van der Waals surface area (Å²) in [5.74, 6) is 0.798. The zero-order valence-electron chi connectivity index (χ0n) is 10.8. The molecule has 1 N–H and O–H groups in total. The Kier molecular flexibility index (Phi) is 4.63. The van der Waals surface area contributed by atoms with E-state index in [1.54, 1.807) is 0 Å². The van der Waals surface area contributed by atoms with Gasteiger partial charge in [0.1, 0.15) is 0 Å². The fraction of sp³-hybridized carbons (Fsp3) is 0.600. The minimum atomic E-state index is 0.504. The number of nitrogens with one attached hydrogen (secondary N) is 1. The average molecular weight is 296 g/mol. The van der Waals surface area contributed by atoms with Crippen LogP contribution in [-0.4, -0.2) is 7.05 Å². The SMILES string of the molecule is CNC(c1cccc(C)c1Br)C1CCCCC1. The van der Waals surface area contributed by atoms with Gasteiger partial charge in [-0.05, 0) is 43.9 Å². The van der Waals surface area contributed by atoms with Crippen molar-refractivity contribution in [2.24, 2.45) is 5.92 Å². The number of halogens is 1. The highest BCUT2D eigenvalue weighted by Crippen LogP contribution is 2.37. The van der Waals surface area contributed by atoms with Crippen molar-refractivity contribution in [3.63, 3.8) is 0 Å². The van der Waals surface area contributed by atoms with Crippen LogP contribution in [0.4, 0.5) is 0 Å². The minimum Gasteiger partial charge on any atom is -0.313 e. The first-order chi connectivity index (χ1) is 8.24. The van der Waals surface area contributed by atoms with Crippen LogP contribution in [0.5, 0.6) is 0 Å². The molecule has 0 saturated heterocycles. The third kappa shape index (κ3) is 2.92. The third-order valence-electron chi connectivity index (χ3n) is 3.99. The van der Waals surface area contributed by atoms with Crippen molar-refractivity contribution >= 4 is 15.9 Å². The number of hydrogen-bond acceptors (Lipinski definition) is 1. The molecule has 17 heavy (non-hydrogen) atoms. The van der Waals surface area contributed by atoms with Crippen LogP contribution in [0.25, 0.3) is 0 Å². The summed E-state index contributed by atoms with van der Waals surface area (Å²) in [6.45, 7) is 2.17. The fourth-order valence-electron chi connectivity index (χ4n) is 3.02. The van der Waals surface area contributed by atoms with Crippen LogP contribution >= 0.6 is 15.9 Å². The quantitative estimate of drug-likeness (QED) is 0.859. The van der Waals surface area contributed by atoms with Gasteiger partial charge in [-0.1, -0.05) is 53.4 Å². The molecule has 94 valence electrons. The lowest BCUT2D eigenvalue weighted by Crippen LogP contribution is -2.27. The van der Waals surface area contributed by atoms with Gasteiger partial charge in [0.2, 0.25) is 0 Å². The summed E-state index contributed by atoms with van der Waals surface area (Å²) in [7, 11) is 2.09. The summed E-state index contributed by atoms with van der Waals surface area (Å²) in [5.41, 5.74) is 2.76. The second-order valence-electron chi connectivity index (χ2n) is 5.14. The number of rotatable bonds is 3. The average Bonchev–Trinajstić information content (AvgIpc) is 2.37. The lowest BCUT2D eigenvalue weighted by Gasteiger charge is -2.31. The summed E-state index contributed by atoms with van der Waals surface area (Å²) in [4.78, 5) is 0. The molecule has 1 aliphatic carbocycles.